The van der Waals surface area contributed by atoms with Crippen LogP contribution in [0.25, 0.3) is 0 Å². The lowest BCUT2D eigenvalue weighted by atomic mass is 9.80. The summed E-state index contributed by atoms with van der Waals surface area (Å²) in [5.41, 5.74) is 4.10. The third kappa shape index (κ3) is 3.94. The summed E-state index contributed by atoms with van der Waals surface area (Å²) >= 11 is 0. The van der Waals surface area contributed by atoms with Crippen LogP contribution in [0.15, 0.2) is 102 Å². The van der Waals surface area contributed by atoms with Crippen molar-refractivity contribution in [3.63, 3.8) is 0 Å². The molecule has 1 fully saturated rings. The molecular weight excluding hydrogens is 420 g/mol. The molecule has 0 aliphatic heterocycles. The first-order valence-electron chi connectivity index (χ1n) is 12.0. The van der Waals surface area contributed by atoms with Crippen molar-refractivity contribution in [2.75, 3.05) is 0 Å². The molecule has 2 nitrogen and oxygen atoms in total. The highest BCUT2D eigenvalue weighted by Gasteiger charge is 2.47. The van der Waals surface area contributed by atoms with E-state index in [0.29, 0.717) is 18.1 Å². The van der Waals surface area contributed by atoms with E-state index < -0.39 is 13.7 Å². The standard InChI is InChI=1S/C30H32O2Si/c1-33(2,3)29-27-21-26(19-22(27)20-28(29)31)32-30(23-13-7-4-8-14-23,24-15-9-5-10-16-24)25-17-11-6-12-18-25/h4-18,22,26H,19-21H2,1-3H3/t22-,26-/m1/s1. The van der Waals surface area contributed by atoms with Crippen molar-refractivity contribution >= 4 is 13.9 Å². The third-order valence-corrected chi connectivity index (χ3v) is 9.25. The predicted octanol–water partition coefficient (Wildman–Crippen LogP) is 6.92. The average Bonchev–Trinajstić information content (AvgIpc) is 3.34. The Morgan fingerprint density at radius 2 is 1.18 bits per heavy atom. The second kappa shape index (κ2) is 8.55. The van der Waals surface area contributed by atoms with Gasteiger partial charge in [0.1, 0.15) is 5.60 Å². The lowest BCUT2D eigenvalue weighted by molar-refractivity contribution is -0.115. The first kappa shape index (κ1) is 22.1. The highest BCUT2D eigenvalue weighted by atomic mass is 28.3. The Morgan fingerprint density at radius 1 is 0.727 bits per heavy atom. The zero-order chi connectivity index (χ0) is 23.1. The number of hydrogen-bond acceptors (Lipinski definition) is 2. The number of allylic oxidation sites excluding steroid dienone is 1. The van der Waals surface area contributed by atoms with E-state index in [4.69, 9.17) is 4.74 Å². The van der Waals surface area contributed by atoms with E-state index in [1.807, 2.05) is 0 Å². The molecule has 0 radical (unpaired) electrons. The van der Waals surface area contributed by atoms with Gasteiger partial charge in [-0.15, -0.1) is 0 Å². The fourth-order valence-electron chi connectivity index (χ4n) is 5.93. The first-order chi connectivity index (χ1) is 15.9. The predicted molar refractivity (Wildman–Crippen MR) is 137 cm³/mol. The minimum absolute atomic E-state index is 0.0741. The van der Waals surface area contributed by atoms with Gasteiger partial charge in [-0.2, -0.15) is 0 Å². The van der Waals surface area contributed by atoms with Gasteiger partial charge in [-0.25, -0.2) is 0 Å². The average molecular weight is 453 g/mol. The summed E-state index contributed by atoms with van der Waals surface area (Å²) in [6, 6.07) is 31.7. The first-order valence-corrected chi connectivity index (χ1v) is 15.5. The molecule has 2 aliphatic rings. The van der Waals surface area contributed by atoms with Gasteiger partial charge in [-0.05, 0) is 40.6 Å². The Hall–Kier alpha value is -2.75. The molecule has 3 heteroatoms. The van der Waals surface area contributed by atoms with Gasteiger partial charge in [0.05, 0.1) is 14.2 Å². The molecule has 0 N–H and O–H groups in total. The molecule has 33 heavy (non-hydrogen) atoms. The summed E-state index contributed by atoms with van der Waals surface area (Å²) in [5.74, 6) is 0.748. The van der Waals surface area contributed by atoms with Gasteiger partial charge in [-0.3, -0.25) is 4.79 Å². The van der Waals surface area contributed by atoms with Crippen molar-refractivity contribution in [1.82, 2.24) is 0 Å². The van der Waals surface area contributed by atoms with E-state index in [1.54, 1.807) is 0 Å². The van der Waals surface area contributed by atoms with Gasteiger partial charge in [-0.1, -0.05) is 116 Å². The number of rotatable bonds is 6. The molecule has 0 unspecified atom stereocenters. The number of carbonyl (C=O) groups is 1. The van der Waals surface area contributed by atoms with Crippen molar-refractivity contribution in [3.05, 3.63) is 118 Å². The summed E-state index contributed by atoms with van der Waals surface area (Å²) in [6.07, 6.45) is 2.53. The molecule has 2 atom stereocenters. The van der Waals surface area contributed by atoms with Crippen molar-refractivity contribution < 1.29 is 9.53 Å². The molecule has 0 amide bonds. The summed E-state index contributed by atoms with van der Waals surface area (Å²) < 4.78 is 7.26. The van der Waals surface area contributed by atoms with Crippen LogP contribution in [0.1, 0.15) is 36.0 Å². The summed E-state index contributed by atoms with van der Waals surface area (Å²) in [4.78, 5) is 12.8. The second-order valence-corrected chi connectivity index (χ2v) is 15.4. The zero-order valence-corrected chi connectivity index (χ0v) is 20.8. The van der Waals surface area contributed by atoms with Crippen molar-refractivity contribution in [2.45, 2.75) is 50.6 Å². The highest BCUT2D eigenvalue weighted by Crippen LogP contribution is 2.49. The van der Waals surface area contributed by atoms with Crippen LogP contribution >= 0.6 is 0 Å². The van der Waals surface area contributed by atoms with Crippen molar-refractivity contribution in [2.24, 2.45) is 5.92 Å². The highest BCUT2D eigenvalue weighted by molar-refractivity contribution is 6.87. The number of hydrogen-bond donors (Lipinski definition) is 0. The molecule has 0 bridgehead atoms. The number of ether oxygens (including phenoxy) is 1. The largest absolute Gasteiger partial charge is 0.357 e. The number of Topliss-reactive ketones (excluding diaryl/α,β-unsaturated/α-hetero) is 1. The van der Waals surface area contributed by atoms with Crippen molar-refractivity contribution in [3.8, 4) is 0 Å². The minimum atomic E-state index is -1.68. The van der Waals surface area contributed by atoms with Crippen LogP contribution in [0, 0.1) is 5.92 Å². The maximum absolute atomic E-state index is 12.8. The molecule has 168 valence electrons. The van der Waals surface area contributed by atoms with Gasteiger partial charge in [0, 0.05) is 6.42 Å². The normalized spacial score (nSPS) is 20.9. The monoisotopic (exact) mass is 452 g/mol. The van der Waals surface area contributed by atoms with Crippen LogP contribution in [0.5, 0.6) is 0 Å². The lowest BCUT2D eigenvalue weighted by Gasteiger charge is -2.38. The van der Waals surface area contributed by atoms with Crippen LogP contribution in [0.4, 0.5) is 0 Å². The Morgan fingerprint density at radius 3 is 1.61 bits per heavy atom. The quantitative estimate of drug-likeness (QED) is 0.300. The summed E-state index contributed by atoms with van der Waals surface area (Å²) in [5, 5.41) is 1.18. The zero-order valence-electron chi connectivity index (χ0n) is 19.8. The van der Waals surface area contributed by atoms with Crippen LogP contribution in [-0.4, -0.2) is 20.0 Å². The van der Waals surface area contributed by atoms with Gasteiger partial charge in [0.25, 0.3) is 0 Å². The molecule has 0 saturated heterocycles. The Balaban J connectivity index is 1.63. The Bertz CT molecular complexity index is 1060. The molecule has 1 saturated carbocycles. The number of carbonyl (C=O) groups excluding carboxylic acids is 1. The van der Waals surface area contributed by atoms with Gasteiger partial charge < -0.3 is 4.74 Å². The van der Waals surface area contributed by atoms with Crippen LogP contribution in [0.2, 0.25) is 19.6 Å². The Labute approximate surface area is 198 Å². The fraction of sp³-hybridized carbons (Fsp3) is 0.300. The van der Waals surface area contributed by atoms with Gasteiger partial charge in [0.15, 0.2) is 5.78 Å². The lowest BCUT2D eigenvalue weighted by Crippen LogP contribution is -2.36. The second-order valence-electron chi connectivity index (χ2n) is 10.4. The molecular formula is C30H32O2Si. The molecule has 2 aliphatic carbocycles. The van der Waals surface area contributed by atoms with Crippen LogP contribution in [-0.2, 0) is 15.1 Å². The minimum Gasteiger partial charge on any atom is -0.357 e. The van der Waals surface area contributed by atoms with Crippen LogP contribution in [0.3, 0.4) is 0 Å². The number of ketones is 1. The van der Waals surface area contributed by atoms with Gasteiger partial charge in [0.2, 0.25) is 0 Å². The van der Waals surface area contributed by atoms with Crippen LogP contribution < -0.4 is 0 Å². The molecule has 3 aromatic carbocycles. The molecule has 5 rings (SSSR count). The fourth-order valence-corrected chi connectivity index (χ4v) is 8.14. The molecule has 0 spiro atoms. The van der Waals surface area contributed by atoms with E-state index in [0.717, 1.165) is 29.5 Å². The molecule has 0 aromatic heterocycles. The molecule has 0 heterocycles. The third-order valence-electron chi connectivity index (χ3n) is 7.15. The maximum Gasteiger partial charge on any atom is 0.155 e. The number of benzene rings is 3. The summed E-state index contributed by atoms with van der Waals surface area (Å²) in [7, 11) is -1.68. The van der Waals surface area contributed by atoms with E-state index >= 15 is 0 Å². The van der Waals surface area contributed by atoms with E-state index in [1.165, 1.54) is 10.8 Å². The summed E-state index contributed by atoms with van der Waals surface area (Å²) in [6.45, 7) is 6.89. The van der Waals surface area contributed by atoms with Crippen molar-refractivity contribution in [1.29, 1.82) is 0 Å². The topological polar surface area (TPSA) is 26.3 Å². The SMILES string of the molecule is C[Si](C)(C)C1=C2C[C@H](OC(c3ccccc3)(c3ccccc3)c3ccccc3)C[C@@H]2CC1=O. The molecule has 3 aromatic rings. The van der Waals surface area contributed by atoms with E-state index in [2.05, 4.69) is 111 Å². The number of fused-ring (bicyclic) bond motifs is 1. The maximum atomic E-state index is 12.8. The smallest absolute Gasteiger partial charge is 0.155 e. The van der Waals surface area contributed by atoms with E-state index in [9.17, 15) is 4.79 Å². The van der Waals surface area contributed by atoms with Gasteiger partial charge >= 0.3 is 0 Å². The van der Waals surface area contributed by atoms with E-state index in [-0.39, 0.29) is 6.10 Å². The Kier molecular flexibility index (Phi) is 5.71.